The smallest absolute Gasteiger partial charge is 0.253 e. The van der Waals surface area contributed by atoms with Crippen molar-refractivity contribution in [3.8, 4) is 0 Å². The molecule has 5 heteroatoms. The number of carbonyl (C=O) groups excluding carboxylic acids is 1. The summed E-state index contributed by atoms with van der Waals surface area (Å²) >= 11 is 3.14. The molecule has 0 aromatic heterocycles. The average Bonchev–Trinajstić information content (AvgIpc) is 2.63. The summed E-state index contributed by atoms with van der Waals surface area (Å²) in [5, 5.41) is 0. The minimum Gasteiger partial charge on any atom is -0.339 e. The molecule has 0 atom stereocenters. The van der Waals surface area contributed by atoms with Gasteiger partial charge in [-0.25, -0.2) is 4.39 Å². The number of piperidine rings is 1. The Balaban J connectivity index is 1.65. The molecule has 3 rings (SSSR count). The predicted molar refractivity (Wildman–Crippen MR) is 96.3 cm³/mol. The van der Waals surface area contributed by atoms with Gasteiger partial charge in [-0.3, -0.25) is 4.79 Å². The number of carbonyl (C=O) groups is 1. The fraction of sp³-hybridized carbons (Fsp3) is 0.316. The molecule has 1 saturated heterocycles. The molecular weight excluding hydrogens is 371 g/mol. The van der Waals surface area contributed by atoms with Crippen LogP contribution in [0.1, 0.15) is 40.2 Å². The van der Waals surface area contributed by atoms with Crippen LogP contribution in [0.25, 0.3) is 0 Å². The zero-order chi connectivity index (χ0) is 17.1. The van der Waals surface area contributed by atoms with Crippen LogP contribution in [0.3, 0.4) is 0 Å². The summed E-state index contributed by atoms with van der Waals surface area (Å²) in [7, 11) is 0. The van der Waals surface area contributed by atoms with Crippen LogP contribution in [0.2, 0.25) is 0 Å². The predicted octanol–water partition coefficient (Wildman–Crippen LogP) is 4.07. The summed E-state index contributed by atoms with van der Waals surface area (Å²) in [5.74, 6) is 0.0652. The molecule has 0 unspecified atom stereocenters. The maximum atomic E-state index is 13.3. The van der Waals surface area contributed by atoms with E-state index in [-0.39, 0.29) is 11.7 Å². The van der Waals surface area contributed by atoms with E-state index in [1.807, 2.05) is 17.0 Å². The molecule has 2 aromatic carbocycles. The van der Waals surface area contributed by atoms with Gasteiger partial charge in [0.05, 0.1) is 4.47 Å². The van der Waals surface area contributed by atoms with Crippen molar-refractivity contribution >= 4 is 21.8 Å². The third-order valence-corrected chi connectivity index (χ3v) is 5.21. The van der Waals surface area contributed by atoms with E-state index in [4.69, 9.17) is 5.73 Å². The molecule has 0 saturated carbocycles. The topological polar surface area (TPSA) is 46.3 Å². The first-order valence-corrected chi connectivity index (χ1v) is 8.91. The van der Waals surface area contributed by atoms with E-state index >= 15 is 0 Å². The van der Waals surface area contributed by atoms with Gasteiger partial charge in [0.15, 0.2) is 0 Å². The van der Waals surface area contributed by atoms with Gasteiger partial charge in [0.1, 0.15) is 5.82 Å². The first kappa shape index (κ1) is 17.1. The van der Waals surface area contributed by atoms with Gasteiger partial charge in [0, 0.05) is 25.2 Å². The number of hydrogen-bond donors (Lipinski definition) is 1. The monoisotopic (exact) mass is 390 g/mol. The molecule has 0 spiro atoms. The van der Waals surface area contributed by atoms with E-state index in [2.05, 4.69) is 28.1 Å². The maximum Gasteiger partial charge on any atom is 0.253 e. The van der Waals surface area contributed by atoms with Crippen molar-refractivity contribution in [2.24, 2.45) is 5.73 Å². The summed E-state index contributed by atoms with van der Waals surface area (Å²) in [6, 6.07) is 12.8. The van der Waals surface area contributed by atoms with E-state index in [9.17, 15) is 9.18 Å². The van der Waals surface area contributed by atoms with Crippen molar-refractivity contribution in [2.75, 3.05) is 13.1 Å². The van der Waals surface area contributed by atoms with Gasteiger partial charge in [-0.05, 0) is 64.0 Å². The van der Waals surface area contributed by atoms with Gasteiger partial charge in [-0.2, -0.15) is 0 Å². The molecule has 1 heterocycles. The SMILES string of the molecule is NCc1cccc(C2CCN(C(=O)c3ccc(F)c(Br)c3)CC2)c1. The minimum absolute atomic E-state index is 0.0372. The number of halogens is 2. The Morgan fingerprint density at radius 2 is 1.96 bits per heavy atom. The molecule has 2 N–H and O–H groups in total. The molecule has 1 amide bonds. The molecule has 0 bridgehead atoms. The van der Waals surface area contributed by atoms with Crippen molar-refractivity contribution in [3.63, 3.8) is 0 Å². The number of nitrogens with two attached hydrogens (primary N) is 1. The van der Waals surface area contributed by atoms with Gasteiger partial charge < -0.3 is 10.6 Å². The lowest BCUT2D eigenvalue weighted by Gasteiger charge is -2.32. The van der Waals surface area contributed by atoms with Crippen LogP contribution in [0, 0.1) is 5.82 Å². The van der Waals surface area contributed by atoms with Gasteiger partial charge in [-0.1, -0.05) is 24.3 Å². The Bertz CT molecular complexity index is 742. The van der Waals surface area contributed by atoms with Gasteiger partial charge >= 0.3 is 0 Å². The van der Waals surface area contributed by atoms with Crippen LogP contribution < -0.4 is 5.73 Å². The standard InChI is InChI=1S/C19H20BrFN2O/c20-17-11-16(4-5-18(17)21)19(24)23-8-6-14(7-9-23)15-3-1-2-13(10-15)12-22/h1-5,10-11,14H,6-9,12,22H2. The lowest BCUT2D eigenvalue weighted by molar-refractivity contribution is 0.0713. The van der Waals surface area contributed by atoms with Crippen molar-refractivity contribution in [2.45, 2.75) is 25.3 Å². The molecule has 24 heavy (non-hydrogen) atoms. The number of hydrogen-bond acceptors (Lipinski definition) is 2. The van der Waals surface area contributed by atoms with Gasteiger partial charge in [-0.15, -0.1) is 0 Å². The molecule has 3 nitrogen and oxygen atoms in total. The molecular formula is C19H20BrFN2O. The Morgan fingerprint density at radius 1 is 1.21 bits per heavy atom. The van der Waals surface area contributed by atoms with Crippen molar-refractivity contribution in [3.05, 3.63) is 69.4 Å². The maximum absolute atomic E-state index is 13.3. The van der Waals surface area contributed by atoms with Crippen molar-refractivity contribution < 1.29 is 9.18 Å². The molecule has 0 radical (unpaired) electrons. The van der Waals surface area contributed by atoms with E-state index in [0.29, 0.717) is 35.6 Å². The van der Waals surface area contributed by atoms with E-state index in [1.54, 1.807) is 12.1 Å². The molecule has 1 aliphatic heterocycles. The Kier molecular flexibility index (Phi) is 5.31. The number of benzene rings is 2. The summed E-state index contributed by atoms with van der Waals surface area (Å²) in [5.41, 5.74) is 8.68. The molecule has 126 valence electrons. The third-order valence-electron chi connectivity index (χ3n) is 4.61. The molecule has 1 fully saturated rings. The normalized spacial score (nSPS) is 15.5. The largest absolute Gasteiger partial charge is 0.339 e. The number of amides is 1. The highest BCUT2D eigenvalue weighted by molar-refractivity contribution is 9.10. The fourth-order valence-electron chi connectivity index (χ4n) is 3.20. The number of likely N-dealkylation sites (tertiary alicyclic amines) is 1. The second kappa shape index (κ2) is 7.45. The van der Waals surface area contributed by atoms with Gasteiger partial charge in [0.2, 0.25) is 0 Å². The average molecular weight is 391 g/mol. The van der Waals surface area contributed by atoms with E-state index < -0.39 is 0 Å². The van der Waals surface area contributed by atoms with E-state index in [0.717, 1.165) is 18.4 Å². The Morgan fingerprint density at radius 3 is 2.62 bits per heavy atom. The molecule has 1 aliphatic rings. The highest BCUT2D eigenvalue weighted by atomic mass is 79.9. The Labute approximate surface area is 149 Å². The third kappa shape index (κ3) is 3.68. The summed E-state index contributed by atoms with van der Waals surface area (Å²) in [6.45, 7) is 1.97. The summed E-state index contributed by atoms with van der Waals surface area (Å²) in [6.07, 6.45) is 1.87. The first-order chi connectivity index (χ1) is 11.6. The minimum atomic E-state index is -0.356. The lowest BCUT2D eigenvalue weighted by Crippen LogP contribution is -2.38. The van der Waals surface area contributed by atoms with Crippen LogP contribution in [0.4, 0.5) is 4.39 Å². The highest BCUT2D eigenvalue weighted by Crippen LogP contribution is 2.29. The van der Waals surface area contributed by atoms with Crippen LogP contribution >= 0.6 is 15.9 Å². The first-order valence-electron chi connectivity index (χ1n) is 8.11. The second-order valence-electron chi connectivity index (χ2n) is 6.14. The highest BCUT2D eigenvalue weighted by Gasteiger charge is 2.25. The summed E-state index contributed by atoms with van der Waals surface area (Å²) in [4.78, 5) is 14.4. The van der Waals surface area contributed by atoms with Crippen molar-refractivity contribution in [1.29, 1.82) is 0 Å². The van der Waals surface area contributed by atoms with Crippen LogP contribution in [0.15, 0.2) is 46.9 Å². The molecule has 0 aliphatic carbocycles. The van der Waals surface area contributed by atoms with Crippen LogP contribution in [-0.2, 0) is 6.54 Å². The quantitative estimate of drug-likeness (QED) is 0.858. The molecule has 2 aromatic rings. The summed E-state index contributed by atoms with van der Waals surface area (Å²) < 4.78 is 13.6. The van der Waals surface area contributed by atoms with E-state index in [1.165, 1.54) is 11.6 Å². The van der Waals surface area contributed by atoms with Crippen LogP contribution in [0.5, 0.6) is 0 Å². The fourth-order valence-corrected chi connectivity index (χ4v) is 3.58. The zero-order valence-corrected chi connectivity index (χ0v) is 14.9. The number of nitrogens with zero attached hydrogens (tertiary/aromatic N) is 1. The van der Waals surface area contributed by atoms with Crippen LogP contribution in [-0.4, -0.2) is 23.9 Å². The second-order valence-corrected chi connectivity index (χ2v) is 7.00. The Hall–Kier alpha value is -1.72. The van der Waals surface area contributed by atoms with Crippen molar-refractivity contribution in [1.82, 2.24) is 4.90 Å². The van der Waals surface area contributed by atoms with Gasteiger partial charge in [0.25, 0.3) is 5.91 Å². The number of rotatable bonds is 3. The lowest BCUT2D eigenvalue weighted by atomic mass is 9.88. The zero-order valence-electron chi connectivity index (χ0n) is 13.3.